The summed E-state index contributed by atoms with van der Waals surface area (Å²) >= 11 is 0. The van der Waals surface area contributed by atoms with Crippen molar-refractivity contribution in [2.45, 2.75) is 32.4 Å². The Labute approximate surface area is 138 Å². The van der Waals surface area contributed by atoms with Crippen molar-refractivity contribution in [3.8, 4) is 5.88 Å². The number of aryl methyl sites for hydroxylation is 1. The summed E-state index contributed by atoms with van der Waals surface area (Å²) in [5.41, 5.74) is 5.37. The zero-order valence-corrected chi connectivity index (χ0v) is 13.7. The van der Waals surface area contributed by atoms with Crippen molar-refractivity contribution in [2.75, 3.05) is 19.4 Å². The molecule has 1 aliphatic rings. The molecule has 0 atom stereocenters. The van der Waals surface area contributed by atoms with E-state index < -0.39 is 5.54 Å². The molecule has 24 heavy (non-hydrogen) atoms. The number of rotatable bonds is 5. The fourth-order valence-electron chi connectivity index (χ4n) is 2.66. The van der Waals surface area contributed by atoms with E-state index in [9.17, 15) is 9.59 Å². The van der Waals surface area contributed by atoms with E-state index in [-0.39, 0.29) is 17.9 Å². The number of amides is 3. The SMILES string of the molecule is COc1nc(N)nc2c1cnn2CCCN1C(=O)NC(C)(C)C1=O. The van der Waals surface area contributed by atoms with Gasteiger partial charge in [0.2, 0.25) is 11.8 Å². The Balaban J connectivity index is 1.72. The van der Waals surface area contributed by atoms with Crippen molar-refractivity contribution in [2.24, 2.45) is 0 Å². The summed E-state index contributed by atoms with van der Waals surface area (Å²) in [4.78, 5) is 33.4. The number of ether oxygens (including phenoxy) is 1. The summed E-state index contributed by atoms with van der Waals surface area (Å²) in [7, 11) is 1.50. The van der Waals surface area contributed by atoms with Gasteiger partial charge in [-0.25, -0.2) is 9.48 Å². The van der Waals surface area contributed by atoms with E-state index in [1.54, 1.807) is 24.7 Å². The smallest absolute Gasteiger partial charge is 0.325 e. The van der Waals surface area contributed by atoms with Gasteiger partial charge in [0.05, 0.1) is 13.3 Å². The molecule has 3 heterocycles. The Kier molecular flexibility index (Phi) is 3.74. The van der Waals surface area contributed by atoms with Gasteiger partial charge in [-0.3, -0.25) is 9.69 Å². The Morgan fingerprint density at radius 2 is 2.04 bits per heavy atom. The maximum Gasteiger partial charge on any atom is 0.325 e. The number of urea groups is 1. The van der Waals surface area contributed by atoms with E-state index in [1.807, 2.05) is 0 Å². The molecule has 0 bridgehead atoms. The zero-order chi connectivity index (χ0) is 17.5. The average Bonchev–Trinajstić information content (AvgIpc) is 3.00. The van der Waals surface area contributed by atoms with Gasteiger partial charge in [-0.05, 0) is 20.3 Å². The summed E-state index contributed by atoms with van der Waals surface area (Å²) in [6.45, 7) is 4.13. The average molecular weight is 333 g/mol. The second kappa shape index (κ2) is 5.62. The number of nitrogen functional groups attached to an aromatic ring is 1. The van der Waals surface area contributed by atoms with E-state index in [2.05, 4.69) is 20.4 Å². The molecule has 0 radical (unpaired) electrons. The van der Waals surface area contributed by atoms with Gasteiger partial charge >= 0.3 is 6.03 Å². The number of methoxy groups -OCH3 is 1. The number of fused-ring (bicyclic) bond motifs is 1. The van der Waals surface area contributed by atoms with Crippen LogP contribution in [0.2, 0.25) is 0 Å². The van der Waals surface area contributed by atoms with Crippen LogP contribution in [0.1, 0.15) is 20.3 Å². The molecule has 0 aromatic carbocycles. The number of anilines is 1. The topological polar surface area (TPSA) is 128 Å². The number of carbonyl (C=O) groups excluding carboxylic acids is 2. The predicted octanol–water partition coefficient (Wildman–Crippen LogP) is 0.138. The normalized spacial score (nSPS) is 16.7. The van der Waals surface area contributed by atoms with Crippen LogP contribution in [0.5, 0.6) is 5.88 Å². The second-order valence-corrected chi connectivity index (χ2v) is 6.06. The third-order valence-corrected chi connectivity index (χ3v) is 3.87. The predicted molar refractivity (Wildman–Crippen MR) is 85.2 cm³/mol. The Hall–Kier alpha value is -2.91. The summed E-state index contributed by atoms with van der Waals surface area (Å²) < 4.78 is 6.82. The lowest BCUT2D eigenvalue weighted by molar-refractivity contribution is -0.130. The maximum absolute atomic E-state index is 12.1. The first-order valence-corrected chi connectivity index (χ1v) is 7.50. The molecule has 3 amide bonds. The second-order valence-electron chi connectivity index (χ2n) is 6.06. The van der Waals surface area contributed by atoms with E-state index >= 15 is 0 Å². The lowest BCUT2D eigenvalue weighted by atomic mass is 10.1. The summed E-state index contributed by atoms with van der Waals surface area (Å²) in [5, 5.41) is 7.56. The highest BCUT2D eigenvalue weighted by molar-refractivity contribution is 6.06. The Morgan fingerprint density at radius 3 is 2.67 bits per heavy atom. The van der Waals surface area contributed by atoms with Crippen LogP contribution in [0, 0.1) is 0 Å². The van der Waals surface area contributed by atoms with Crippen LogP contribution in [-0.2, 0) is 11.3 Å². The minimum absolute atomic E-state index is 0.0944. The van der Waals surface area contributed by atoms with Crippen LogP contribution >= 0.6 is 0 Å². The quantitative estimate of drug-likeness (QED) is 0.745. The molecule has 0 unspecified atom stereocenters. The summed E-state index contributed by atoms with van der Waals surface area (Å²) in [6, 6.07) is -0.372. The largest absolute Gasteiger partial charge is 0.480 e. The molecule has 1 aliphatic heterocycles. The van der Waals surface area contributed by atoms with Gasteiger partial charge in [-0.2, -0.15) is 15.1 Å². The number of aromatic nitrogens is 4. The van der Waals surface area contributed by atoms with Crippen LogP contribution in [-0.4, -0.2) is 55.8 Å². The van der Waals surface area contributed by atoms with E-state index in [1.165, 1.54) is 12.0 Å². The van der Waals surface area contributed by atoms with Gasteiger partial charge in [0.15, 0.2) is 5.65 Å². The van der Waals surface area contributed by atoms with Gasteiger partial charge in [-0.15, -0.1) is 0 Å². The fourth-order valence-corrected chi connectivity index (χ4v) is 2.66. The molecule has 0 spiro atoms. The summed E-state index contributed by atoms with van der Waals surface area (Å²) in [6.07, 6.45) is 2.14. The number of nitrogens with two attached hydrogens (primary N) is 1. The third-order valence-electron chi connectivity index (χ3n) is 3.87. The molecular formula is C14H19N7O3. The molecule has 1 fully saturated rings. The molecule has 3 rings (SSSR count). The molecule has 10 nitrogen and oxygen atoms in total. The lowest BCUT2D eigenvalue weighted by Gasteiger charge is -2.15. The highest BCUT2D eigenvalue weighted by atomic mass is 16.5. The van der Waals surface area contributed by atoms with E-state index in [4.69, 9.17) is 10.5 Å². The molecule has 10 heteroatoms. The van der Waals surface area contributed by atoms with Crippen LogP contribution in [0.25, 0.3) is 11.0 Å². The third kappa shape index (κ3) is 2.59. The molecule has 0 saturated carbocycles. The molecule has 128 valence electrons. The van der Waals surface area contributed by atoms with Gasteiger partial charge in [0, 0.05) is 13.1 Å². The minimum atomic E-state index is -0.857. The molecule has 3 N–H and O–H groups in total. The lowest BCUT2D eigenvalue weighted by Crippen LogP contribution is -2.40. The molecule has 2 aromatic rings. The standard InChI is InChI=1S/C14H19N7O3/c1-14(2)11(22)20(13(23)19-14)5-4-6-21-9-8(7-16-21)10(24-3)18-12(15)17-9/h7H,4-6H2,1-3H3,(H,19,23)(H2,15,17,18). The minimum Gasteiger partial charge on any atom is -0.480 e. The first kappa shape index (κ1) is 16.0. The zero-order valence-electron chi connectivity index (χ0n) is 13.7. The van der Waals surface area contributed by atoms with Crippen LogP contribution in [0.4, 0.5) is 10.7 Å². The molecule has 0 aliphatic carbocycles. The Morgan fingerprint density at radius 1 is 1.29 bits per heavy atom. The van der Waals surface area contributed by atoms with Crippen molar-refractivity contribution < 1.29 is 14.3 Å². The summed E-state index contributed by atoms with van der Waals surface area (Å²) in [5.74, 6) is 0.225. The maximum atomic E-state index is 12.1. The first-order valence-electron chi connectivity index (χ1n) is 7.50. The van der Waals surface area contributed by atoms with E-state index in [0.29, 0.717) is 36.4 Å². The van der Waals surface area contributed by atoms with Crippen molar-refractivity contribution in [1.29, 1.82) is 0 Å². The monoisotopic (exact) mass is 333 g/mol. The number of nitrogens with zero attached hydrogens (tertiary/aromatic N) is 5. The first-order chi connectivity index (χ1) is 11.3. The van der Waals surface area contributed by atoms with Gasteiger partial charge < -0.3 is 15.8 Å². The van der Waals surface area contributed by atoms with Gasteiger partial charge in [-0.1, -0.05) is 0 Å². The van der Waals surface area contributed by atoms with Crippen molar-refractivity contribution in [3.05, 3.63) is 6.20 Å². The number of hydrogen-bond donors (Lipinski definition) is 2. The number of carbonyl (C=O) groups is 2. The number of hydrogen-bond acceptors (Lipinski definition) is 7. The van der Waals surface area contributed by atoms with Crippen molar-refractivity contribution >= 4 is 28.9 Å². The number of nitrogens with one attached hydrogen (secondary N) is 1. The fraction of sp³-hybridized carbons (Fsp3) is 0.500. The highest BCUT2D eigenvalue weighted by Crippen LogP contribution is 2.23. The molecular weight excluding hydrogens is 314 g/mol. The highest BCUT2D eigenvalue weighted by Gasteiger charge is 2.43. The van der Waals surface area contributed by atoms with Crippen LogP contribution in [0.3, 0.4) is 0 Å². The van der Waals surface area contributed by atoms with Crippen molar-refractivity contribution in [1.82, 2.24) is 30.0 Å². The van der Waals surface area contributed by atoms with Gasteiger partial charge in [0.1, 0.15) is 10.9 Å². The van der Waals surface area contributed by atoms with Crippen molar-refractivity contribution in [3.63, 3.8) is 0 Å². The van der Waals surface area contributed by atoms with Gasteiger partial charge in [0.25, 0.3) is 5.91 Å². The number of imide groups is 1. The van der Waals surface area contributed by atoms with Crippen LogP contribution in [0.15, 0.2) is 6.20 Å². The molecule has 1 saturated heterocycles. The van der Waals surface area contributed by atoms with Crippen LogP contribution < -0.4 is 15.8 Å². The molecule has 2 aromatic heterocycles. The van der Waals surface area contributed by atoms with E-state index in [0.717, 1.165) is 0 Å². The Bertz CT molecular complexity index is 814.